The Bertz CT molecular complexity index is 519. The van der Waals surface area contributed by atoms with E-state index in [2.05, 4.69) is 39.8 Å². The van der Waals surface area contributed by atoms with Crippen molar-refractivity contribution < 1.29 is 4.79 Å². The van der Waals surface area contributed by atoms with Gasteiger partial charge in [-0.25, -0.2) is 0 Å². The van der Waals surface area contributed by atoms with Gasteiger partial charge in [-0.15, -0.1) is 21.5 Å². The summed E-state index contributed by atoms with van der Waals surface area (Å²) >= 11 is 1.38. The summed E-state index contributed by atoms with van der Waals surface area (Å²) in [5, 5.41) is 18.4. The Morgan fingerprint density at radius 3 is 2.83 bits per heavy atom. The lowest BCUT2D eigenvalue weighted by Gasteiger charge is -2.16. The van der Waals surface area contributed by atoms with Crippen molar-refractivity contribution in [3.63, 3.8) is 0 Å². The Labute approximate surface area is 109 Å². The first-order valence-electron chi connectivity index (χ1n) is 5.71. The van der Waals surface area contributed by atoms with Crippen molar-refractivity contribution >= 4 is 17.2 Å². The Morgan fingerprint density at radius 2 is 2.22 bits per heavy atom. The van der Waals surface area contributed by atoms with Gasteiger partial charge in [0.25, 0.3) is 5.91 Å². The fraction of sp³-hybridized carbons (Fsp3) is 0.455. The summed E-state index contributed by atoms with van der Waals surface area (Å²) in [6, 6.07) is 1.92. The molecule has 1 amide bonds. The quantitative estimate of drug-likeness (QED) is 0.881. The van der Waals surface area contributed by atoms with E-state index < -0.39 is 0 Å². The molecule has 2 aromatic heterocycles. The van der Waals surface area contributed by atoms with Gasteiger partial charge in [0.15, 0.2) is 0 Å². The normalized spacial score (nSPS) is 12.7. The number of hydrogen-bond acceptors (Lipinski definition) is 5. The van der Waals surface area contributed by atoms with Gasteiger partial charge in [-0.2, -0.15) is 5.21 Å². The summed E-state index contributed by atoms with van der Waals surface area (Å²) in [6.45, 7) is 6.14. The molecule has 2 N–H and O–H groups in total. The highest BCUT2D eigenvalue weighted by molar-refractivity contribution is 7.12. The number of hydrogen-bond donors (Lipinski definition) is 2. The summed E-state index contributed by atoms with van der Waals surface area (Å²) < 4.78 is 0. The highest BCUT2D eigenvalue weighted by Gasteiger charge is 2.15. The molecule has 7 heteroatoms. The molecule has 0 bridgehead atoms. The predicted octanol–water partition coefficient (Wildman–Crippen LogP) is 1.70. The lowest BCUT2D eigenvalue weighted by Crippen LogP contribution is -2.35. The van der Waals surface area contributed by atoms with E-state index in [1.807, 2.05) is 12.3 Å². The first kappa shape index (κ1) is 12.7. The van der Waals surface area contributed by atoms with Crippen LogP contribution in [-0.2, 0) is 0 Å². The number of carbonyl (C=O) groups is 1. The molecule has 0 radical (unpaired) electrons. The van der Waals surface area contributed by atoms with Crippen LogP contribution in [0.1, 0.15) is 30.4 Å². The van der Waals surface area contributed by atoms with Crippen LogP contribution in [-0.4, -0.2) is 32.6 Å². The third-order valence-electron chi connectivity index (χ3n) is 2.79. The van der Waals surface area contributed by atoms with Gasteiger partial charge >= 0.3 is 0 Å². The second-order valence-corrected chi connectivity index (χ2v) is 5.35. The molecule has 0 spiro atoms. The lowest BCUT2D eigenvalue weighted by molar-refractivity contribution is 0.0934. The number of aromatic nitrogens is 4. The maximum atomic E-state index is 12.0. The Balaban J connectivity index is 2.08. The first-order chi connectivity index (χ1) is 8.58. The van der Waals surface area contributed by atoms with Crippen molar-refractivity contribution in [1.29, 1.82) is 0 Å². The number of amides is 1. The molecular formula is C11H15N5OS. The summed E-state index contributed by atoms with van der Waals surface area (Å²) in [6.07, 6.45) is 0. The van der Waals surface area contributed by atoms with E-state index in [0.717, 1.165) is 5.56 Å². The van der Waals surface area contributed by atoms with Crippen molar-refractivity contribution in [2.45, 2.75) is 26.8 Å². The van der Waals surface area contributed by atoms with Crippen LogP contribution in [0.15, 0.2) is 11.4 Å². The summed E-state index contributed by atoms with van der Waals surface area (Å²) in [5.41, 5.74) is 0.802. The van der Waals surface area contributed by atoms with Crippen LogP contribution in [0.3, 0.4) is 0 Å². The third-order valence-corrected chi connectivity index (χ3v) is 3.71. The van der Waals surface area contributed by atoms with Gasteiger partial charge in [-0.05, 0) is 24.1 Å². The van der Waals surface area contributed by atoms with Gasteiger partial charge in [-0.1, -0.05) is 13.8 Å². The van der Waals surface area contributed by atoms with Crippen LogP contribution in [0.5, 0.6) is 0 Å². The molecule has 2 aromatic rings. The van der Waals surface area contributed by atoms with E-state index >= 15 is 0 Å². The smallest absolute Gasteiger partial charge is 0.261 e. The van der Waals surface area contributed by atoms with Crippen LogP contribution >= 0.6 is 11.3 Å². The zero-order valence-electron chi connectivity index (χ0n) is 10.5. The number of aromatic amines is 1. The minimum atomic E-state index is -0.0593. The summed E-state index contributed by atoms with van der Waals surface area (Å²) in [5.74, 6) is 0.851. The average molecular weight is 265 g/mol. The maximum Gasteiger partial charge on any atom is 0.261 e. The molecule has 2 heterocycles. The van der Waals surface area contributed by atoms with E-state index in [1.54, 1.807) is 6.07 Å². The van der Waals surface area contributed by atoms with Crippen molar-refractivity contribution in [2.75, 3.05) is 0 Å². The molecule has 0 aliphatic carbocycles. The molecule has 0 saturated carbocycles. The van der Waals surface area contributed by atoms with Crippen molar-refractivity contribution in [2.24, 2.45) is 5.92 Å². The van der Waals surface area contributed by atoms with Gasteiger partial charge in [0.05, 0.1) is 4.88 Å². The molecule has 1 unspecified atom stereocenters. The largest absolute Gasteiger partial charge is 0.349 e. The number of rotatable bonds is 4. The molecule has 96 valence electrons. The Kier molecular flexibility index (Phi) is 3.71. The molecule has 2 rings (SSSR count). The molecule has 0 aliphatic heterocycles. The van der Waals surface area contributed by atoms with Crippen molar-refractivity contribution in [3.05, 3.63) is 16.3 Å². The average Bonchev–Trinajstić information content (AvgIpc) is 2.99. The zero-order valence-corrected chi connectivity index (χ0v) is 11.3. The Hall–Kier alpha value is -1.76. The number of nitrogens with one attached hydrogen (secondary N) is 2. The molecule has 0 aromatic carbocycles. The fourth-order valence-corrected chi connectivity index (χ4v) is 2.09. The molecular weight excluding hydrogens is 250 g/mol. The standard InChI is InChI=1S/C11H15N5OS/c1-6(2)7(3)12-11(17)9-4-8(5-18-9)10-13-15-16-14-10/h4-7H,1-3H3,(H,12,17)(H,13,14,15,16). The van der Waals surface area contributed by atoms with E-state index in [4.69, 9.17) is 0 Å². The lowest BCUT2D eigenvalue weighted by atomic mass is 10.1. The van der Waals surface area contributed by atoms with Crippen molar-refractivity contribution in [3.8, 4) is 11.4 Å². The van der Waals surface area contributed by atoms with Crippen LogP contribution in [0.25, 0.3) is 11.4 Å². The molecule has 1 atom stereocenters. The number of H-pyrrole nitrogens is 1. The van der Waals surface area contributed by atoms with Crippen LogP contribution in [0.4, 0.5) is 0 Å². The van der Waals surface area contributed by atoms with E-state index in [1.165, 1.54) is 11.3 Å². The first-order valence-corrected chi connectivity index (χ1v) is 6.59. The van der Waals surface area contributed by atoms with Crippen LogP contribution in [0, 0.1) is 5.92 Å². The molecule has 0 aliphatic rings. The monoisotopic (exact) mass is 265 g/mol. The zero-order chi connectivity index (χ0) is 13.1. The van der Waals surface area contributed by atoms with E-state index in [9.17, 15) is 4.79 Å². The van der Waals surface area contributed by atoms with Crippen LogP contribution < -0.4 is 5.32 Å². The second-order valence-electron chi connectivity index (χ2n) is 4.44. The van der Waals surface area contributed by atoms with Crippen molar-refractivity contribution in [1.82, 2.24) is 25.9 Å². The SMILES string of the molecule is CC(C)C(C)NC(=O)c1cc(-c2nn[nH]n2)cs1. The van der Waals surface area contributed by atoms with Gasteiger partial charge in [-0.3, -0.25) is 4.79 Å². The minimum Gasteiger partial charge on any atom is -0.349 e. The van der Waals surface area contributed by atoms with Gasteiger partial charge in [0.1, 0.15) is 0 Å². The molecule has 6 nitrogen and oxygen atoms in total. The number of tetrazole rings is 1. The number of carbonyl (C=O) groups excluding carboxylic acids is 1. The minimum absolute atomic E-state index is 0.0593. The number of thiophene rings is 1. The van der Waals surface area contributed by atoms with Gasteiger partial charge < -0.3 is 5.32 Å². The maximum absolute atomic E-state index is 12.0. The topological polar surface area (TPSA) is 83.6 Å². The fourth-order valence-electron chi connectivity index (χ4n) is 1.30. The summed E-state index contributed by atoms with van der Waals surface area (Å²) in [4.78, 5) is 12.6. The van der Waals surface area contributed by atoms with Gasteiger partial charge in [0.2, 0.25) is 5.82 Å². The third kappa shape index (κ3) is 2.73. The van der Waals surface area contributed by atoms with Crippen LogP contribution in [0.2, 0.25) is 0 Å². The second kappa shape index (κ2) is 5.26. The Morgan fingerprint density at radius 1 is 1.44 bits per heavy atom. The predicted molar refractivity (Wildman–Crippen MR) is 69.3 cm³/mol. The molecule has 0 saturated heterocycles. The summed E-state index contributed by atoms with van der Waals surface area (Å²) in [7, 11) is 0. The van der Waals surface area contributed by atoms with Gasteiger partial charge in [0, 0.05) is 17.0 Å². The number of nitrogens with zero attached hydrogens (tertiary/aromatic N) is 3. The van der Waals surface area contributed by atoms with E-state index in [-0.39, 0.29) is 11.9 Å². The molecule has 18 heavy (non-hydrogen) atoms. The molecule has 0 fully saturated rings. The highest BCUT2D eigenvalue weighted by Crippen LogP contribution is 2.22. The highest BCUT2D eigenvalue weighted by atomic mass is 32.1. The van der Waals surface area contributed by atoms with E-state index in [0.29, 0.717) is 16.6 Å².